The first kappa shape index (κ1) is 16.4. The molecule has 0 aliphatic carbocycles. The van der Waals surface area contributed by atoms with Gasteiger partial charge in [-0.25, -0.2) is 0 Å². The van der Waals surface area contributed by atoms with E-state index in [1.807, 2.05) is 6.92 Å². The molecule has 102 valence electrons. The maximum Gasteiger partial charge on any atom is 0.307 e. The van der Waals surface area contributed by atoms with Crippen molar-refractivity contribution in [2.45, 2.75) is 25.8 Å². The Hall–Kier alpha value is -0.650. The predicted octanol–water partition coefficient (Wildman–Crippen LogP) is 0.923. The Labute approximate surface area is 104 Å². The lowest BCUT2D eigenvalue weighted by molar-refractivity contribution is -0.142. The maximum absolute atomic E-state index is 11.2. The van der Waals surface area contributed by atoms with E-state index in [2.05, 4.69) is 9.64 Å². The molecule has 0 N–H and O–H groups in total. The van der Waals surface area contributed by atoms with Gasteiger partial charge in [-0.1, -0.05) is 0 Å². The van der Waals surface area contributed by atoms with Crippen LogP contribution in [0.2, 0.25) is 0 Å². The lowest BCUT2D eigenvalue weighted by atomic mass is 10.2. The number of hydrogen-bond donors (Lipinski definition) is 0. The van der Waals surface area contributed by atoms with E-state index in [4.69, 9.17) is 9.47 Å². The van der Waals surface area contributed by atoms with Crippen molar-refractivity contribution < 1.29 is 19.0 Å². The molecule has 0 heterocycles. The first-order valence-corrected chi connectivity index (χ1v) is 5.94. The summed E-state index contributed by atoms with van der Waals surface area (Å²) in [5.74, 6) is -0.174. The van der Waals surface area contributed by atoms with E-state index in [9.17, 15) is 4.79 Å². The van der Waals surface area contributed by atoms with E-state index in [1.165, 1.54) is 7.11 Å². The van der Waals surface area contributed by atoms with Crippen LogP contribution in [-0.4, -0.2) is 64.5 Å². The molecular weight excluding hydrogens is 222 g/mol. The third-order valence-corrected chi connectivity index (χ3v) is 2.69. The van der Waals surface area contributed by atoms with Gasteiger partial charge in [0, 0.05) is 40.0 Å². The number of ether oxygens (including phenoxy) is 3. The van der Waals surface area contributed by atoms with Gasteiger partial charge in [0.05, 0.1) is 20.1 Å². The van der Waals surface area contributed by atoms with Crippen LogP contribution in [0.3, 0.4) is 0 Å². The molecule has 0 saturated carbocycles. The summed E-state index contributed by atoms with van der Waals surface area (Å²) in [6.45, 7) is 5.14. The number of nitrogens with zero attached hydrogens (tertiary/aromatic N) is 1. The molecule has 17 heavy (non-hydrogen) atoms. The first-order chi connectivity index (χ1) is 8.15. The second-order valence-corrected chi connectivity index (χ2v) is 4.00. The SMILES string of the molecule is COCCCN(CCOC)C(C)CC(=O)OC. The molecule has 0 bridgehead atoms. The molecule has 0 aromatic heterocycles. The molecule has 5 heteroatoms. The zero-order valence-corrected chi connectivity index (χ0v) is 11.4. The largest absolute Gasteiger partial charge is 0.469 e. The molecule has 0 aromatic rings. The van der Waals surface area contributed by atoms with Crippen LogP contribution >= 0.6 is 0 Å². The minimum absolute atomic E-state index is 0.162. The summed E-state index contributed by atoms with van der Waals surface area (Å²) in [5, 5.41) is 0. The van der Waals surface area contributed by atoms with Crippen LogP contribution in [0.1, 0.15) is 19.8 Å². The molecule has 0 amide bonds. The second kappa shape index (κ2) is 10.5. The smallest absolute Gasteiger partial charge is 0.307 e. The summed E-state index contributed by atoms with van der Waals surface area (Å²) in [5.41, 5.74) is 0. The quantitative estimate of drug-likeness (QED) is 0.424. The maximum atomic E-state index is 11.2. The lowest BCUT2D eigenvalue weighted by Crippen LogP contribution is -2.38. The Morgan fingerprint density at radius 3 is 2.29 bits per heavy atom. The summed E-state index contributed by atoms with van der Waals surface area (Å²) in [7, 11) is 4.79. The van der Waals surface area contributed by atoms with Gasteiger partial charge in [-0.15, -0.1) is 0 Å². The monoisotopic (exact) mass is 247 g/mol. The molecule has 0 aliphatic rings. The summed E-state index contributed by atoms with van der Waals surface area (Å²) < 4.78 is 14.8. The van der Waals surface area contributed by atoms with E-state index in [1.54, 1.807) is 14.2 Å². The number of esters is 1. The number of carbonyl (C=O) groups excluding carboxylic acids is 1. The van der Waals surface area contributed by atoms with E-state index in [0.29, 0.717) is 13.0 Å². The van der Waals surface area contributed by atoms with Crippen molar-refractivity contribution in [1.82, 2.24) is 4.90 Å². The third kappa shape index (κ3) is 8.12. The van der Waals surface area contributed by atoms with Crippen molar-refractivity contribution in [2.24, 2.45) is 0 Å². The average molecular weight is 247 g/mol. The topological polar surface area (TPSA) is 48.0 Å². The molecule has 0 spiro atoms. The van der Waals surface area contributed by atoms with Crippen molar-refractivity contribution in [3.05, 3.63) is 0 Å². The lowest BCUT2D eigenvalue weighted by Gasteiger charge is -2.28. The van der Waals surface area contributed by atoms with E-state index in [-0.39, 0.29) is 12.0 Å². The normalized spacial score (nSPS) is 12.8. The standard InChI is InChI=1S/C12H25NO4/c1-11(10-12(14)17-4)13(7-9-16-3)6-5-8-15-2/h11H,5-10H2,1-4H3. The minimum atomic E-state index is -0.174. The summed E-state index contributed by atoms with van der Waals surface area (Å²) in [6.07, 6.45) is 1.36. The fourth-order valence-electron chi connectivity index (χ4n) is 1.63. The molecule has 0 saturated heterocycles. The highest BCUT2D eigenvalue weighted by molar-refractivity contribution is 5.69. The molecule has 1 atom stereocenters. The fraction of sp³-hybridized carbons (Fsp3) is 0.917. The zero-order valence-electron chi connectivity index (χ0n) is 11.4. The number of hydrogen-bond acceptors (Lipinski definition) is 5. The summed E-state index contributed by atoms with van der Waals surface area (Å²) >= 11 is 0. The highest BCUT2D eigenvalue weighted by Crippen LogP contribution is 2.06. The summed E-state index contributed by atoms with van der Waals surface area (Å²) in [4.78, 5) is 13.4. The van der Waals surface area contributed by atoms with Crippen LogP contribution in [0.4, 0.5) is 0 Å². The van der Waals surface area contributed by atoms with E-state index < -0.39 is 0 Å². The Morgan fingerprint density at radius 2 is 1.76 bits per heavy atom. The van der Waals surface area contributed by atoms with Crippen LogP contribution in [0, 0.1) is 0 Å². The Morgan fingerprint density at radius 1 is 1.12 bits per heavy atom. The van der Waals surface area contributed by atoms with Gasteiger partial charge in [-0.3, -0.25) is 9.69 Å². The van der Waals surface area contributed by atoms with Crippen LogP contribution < -0.4 is 0 Å². The Balaban J connectivity index is 4.08. The third-order valence-electron chi connectivity index (χ3n) is 2.69. The Kier molecular flexibility index (Phi) is 10.1. The van der Waals surface area contributed by atoms with Crippen molar-refractivity contribution in [3.63, 3.8) is 0 Å². The number of methoxy groups -OCH3 is 3. The van der Waals surface area contributed by atoms with Gasteiger partial charge in [0.15, 0.2) is 0 Å². The average Bonchev–Trinajstić information content (AvgIpc) is 2.33. The number of carbonyl (C=O) groups is 1. The van der Waals surface area contributed by atoms with Crippen LogP contribution in [-0.2, 0) is 19.0 Å². The molecule has 0 radical (unpaired) electrons. The van der Waals surface area contributed by atoms with Crippen molar-refractivity contribution in [1.29, 1.82) is 0 Å². The van der Waals surface area contributed by atoms with Gasteiger partial charge >= 0.3 is 5.97 Å². The molecule has 0 rings (SSSR count). The van der Waals surface area contributed by atoms with E-state index in [0.717, 1.165) is 26.1 Å². The minimum Gasteiger partial charge on any atom is -0.469 e. The molecule has 5 nitrogen and oxygen atoms in total. The highest BCUT2D eigenvalue weighted by Gasteiger charge is 2.16. The first-order valence-electron chi connectivity index (χ1n) is 5.94. The van der Waals surface area contributed by atoms with Crippen molar-refractivity contribution in [2.75, 3.05) is 47.6 Å². The predicted molar refractivity (Wildman–Crippen MR) is 66.0 cm³/mol. The molecule has 0 aliphatic heterocycles. The van der Waals surface area contributed by atoms with Crippen LogP contribution in [0.25, 0.3) is 0 Å². The van der Waals surface area contributed by atoms with Crippen LogP contribution in [0.5, 0.6) is 0 Å². The van der Waals surface area contributed by atoms with Gasteiger partial charge in [-0.2, -0.15) is 0 Å². The van der Waals surface area contributed by atoms with Gasteiger partial charge < -0.3 is 14.2 Å². The van der Waals surface area contributed by atoms with E-state index >= 15 is 0 Å². The van der Waals surface area contributed by atoms with Crippen molar-refractivity contribution >= 4 is 5.97 Å². The molecule has 1 unspecified atom stereocenters. The van der Waals surface area contributed by atoms with Crippen LogP contribution in [0.15, 0.2) is 0 Å². The van der Waals surface area contributed by atoms with Gasteiger partial charge in [0.25, 0.3) is 0 Å². The van der Waals surface area contributed by atoms with Gasteiger partial charge in [-0.05, 0) is 13.3 Å². The zero-order chi connectivity index (χ0) is 13.1. The van der Waals surface area contributed by atoms with Crippen molar-refractivity contribution in [3.8, 4) is 0 Å². The second-order valence-electron chi connectivity index (χ2n) is 4.00. The Bertz CT molecular complexity index is 199. The number of rotatable bonds is 10. The van der Waals surface area contributed by atoms with Gasteiger partial charge in [0.2, 0.25) is 0 Å². The molecule has 0 fully saturated rings. The molecule has 0 aromatic carbocycles. The highest BCUT2D eigenvalue weighted by atomic mass is 16.5. The molecular formula is C12H25NO4. The van der Waals surface area contributed by atoms with Gasteiger partial charge in [0.1, 0.15) is 0 Å². The fourth-order valence-corrected chi connectivity index (χ4v) is 1.63. The summed E-state index contributed by atoms with van der Waals surface area (Å²) in [6, 6.07) is 0.162.